The molecule has 0 radical (unpaired) electrons. The molecule has 0 saturated heterocycles. The molecule has 1 N–H and O–H groups in total. The maximum Gasteiger partial charge on any atom is 0.282 e. The van der Waals surface area contributed by atoms with Gasteiger partial charge in [-0.1, -0.05) is 24.2 Å². The number of fused-ring (bicyclic) bond motifs is 1. The van der Waals surface area contributed by atoms with Crippen molar-refractivity contribution in [1.29, 1.82) is 0 Å². The van der Waals surface area contributed by atoms with E-state index in [1.807, 2.05) is 6.07 Å². The number of imide groups is 1. The number of hydrogen-bond acceptors (Lipinski definition) is 5. The molecule has 1 aliphatic rings. The lowest BCUT2D eigenvalue weighted by atomic mass is 10.1. The van der Waals surface area contributed by atoms with E-state index in [-0.39, 0.29) is 23.5 Å². The summed E-state index contributed by atoms with van der Waals surface area (Å²) in [7, 11) is 0. The summed E-state index contributed by atoms with van der Waals surface area (Å²) in [5, 5.41) is 11.2. The van der Waals surface area contributed by atoms with Gasteiger partial charge >= 0.3 is 0 Å². The molecule has 0 bridgehead atoms. The van der Waals surface area contributed by atoms with Crippen molar-refractivity contribution in [2.24, 2.45) is 0 Å². The molecule has 2 aromatic rings. The van der Waals surface area contributed by atoms with E-state index in [1.54, 1.807) is 12.1 Å². The number of halogens is 1. The molecule has 3 rings (SSSR count). The zero-order valence-corrected chi connectivity index (χ0v) is 15.2. The topological polar surface area (TPSA) is 85.0 Å². The number of nitro groups is 1. The first kappa shape index (κ1) is 18.2. The van der Waals surface area contributed by atoms with Gasteiger partial charge in [-0.15, -0.1) is 11.3 Å². The van der Waals surface area contributed by atoms with E-state index in [2.05, 4.69) is 6.58 Å². The number of benzene rings is 1. The Bertz CT molecular complexity index is 911. The molecule has 2 heterocycles. The third-order valence-corrected chi connectivity index (χ3v) is 5.27. The van der Waals surface area contributed by atoms with Gasteiger partial charge in [0.2, 0.25) is 0 Å². The molecule has 1 atom stereocenters. The zero-order valence-electron chi connectivity index (χ0n) is 13.6. The van der Waals surface area contributed by atoms with Crippen LogP contribution in [0.2, 0.25) is 4.34 Å². The molecule has 1 aromatic heterocycles. The van der Waals surface area contributed by atoms with Gasteiger partial charge in [-0.3, -0.25) is 19.7 Å². The van der Waals surface area contributed by atoms with Crippen LogP contribution in [0.3, 0.4) is 0 Å². The standard InChI is InChI=1S/C17H14ClN3O4S/c1-2-8-19(9-11-6-7-14(18)26-11)10-20-16(22)12-4-3-5-13(21(24)25)15(12)17(20)23/h2-7H,1,8-10H2/p+1. The molecule has 9 heteroatoms. The Hall–Kier alpha value is -2.55. The van der Waals surface area contributed by atoms with E-state index in [1.165, 1.54) is 29.5 Å². The van der Waals surface area contributed by atoms with Crippen LogP contribution in [0.1, 0.15) is 25.6 Å². The normalized spacial score (nSPS) is 14.4. The van der Waals surface area contributed by atoms with Crippen molar-refractivity contribution in [2.75, 3.05) is 13.2 Å². The summed E-state index contributed by atoms with van der Waals surface area (Å²) >= 11 is 7.38. The van der Waals surface area contributed by atoms with Gasteiger partial charge in [0.15, 0.2) is 6.67 Å². The van der Waals surface area contributed by atoms with Crippen molar-refractivity contribution in [2.45, 2.75) is 6.54 Å². The summed E-state index contributed by atoms with van der Waals surface area (Å²) in [6.07, 6.45) is 1.70. The molecule has 1 unspecified atom stereocenters. The predicted octanol–water partition coefficient (Wildman–Crippen LogP) is 2.13. The molecular weight excluding hydrogens is 378 g/mol. The summed E-state index contributed by atoms with van der Waals surface area (Å²) in [5.41, 5.74) is -0.417. The number of carbonyl (C=O) groups is 2. The monoisotopic (exact) mass is 392 g/mol. The van der Waals surface area contributed by atoms with Gasteiger partial charge in [0.25, 0.3) is 17.5 Å². The maximum absolute atomic E-state index is 12.7. The van der Waals surface area contributed by atoms with E-state index < -0.39 is 16.7 Å². The van der Waals surface area contributed by atoms with Gasteiger partial charge in [-0.25, -0.2) is 4.90 Å². The highest BCUT2D eigenvalue weighted by Gasteiger charge is 2.42. The van der Waals surface area contributed by atoms with Gasteiger partial charge in [0, 0.05) is 6.07 Å². The van der Waals surface area contributed by atoms with Crippen LogP contribution in [0.15, 0.2) is 43.0 Å². The van der Waals surface area contributed by atoms with Crippen molar-refractivity contribution in [3.8, 4) is 0 Å². The third-order valence-electron chi connectivity index (χ3n) is 4.04. The molecule has 0 saturated carbocycles. The predicted molar refractivity (Wildman–Crippen MR) is 97.5 cm³/mol. The first-order valence-electron chi connectivity index (χ1n) is 7.74. The number of carbonyl (C=O) groups excluding carboxylic acids is 2. The van der Waals surface area contributed by atoms with Crippen LogP contribution in [-0.2, 0) is 6.54 Å². The summed E-state index contributed by atoms with van der Waals surface area (Å²) in [6.45, 7) is 4.88. The quantitative estimate of drug-likeness (QED) is 0.338. The van der Waals surface area contributed by atoms with Crippen molar-refractivity contribution in [3.05, 3.63) is 73.4 Å². The maximum atomic E-state index is 12.7. The van der Waals surface area contributed by atoms with Crippen LogP contribution in [0.25, 0.3) is 0 Å². The minimum atomic E-state index is -0.643. The number of quaternary nitrogens is 1. The van der Waals surface area contributed by atoms with Crippen LogP contribution in [0.5, 0.6) is 0 Å². The highest BCUT2D eigenvalue weighted by molar-refractivity contribution is 7.16. The second-order valence-corrected chi connectivity index (χ2v) is 7.58. The summed E-state index contributed by atoms with van der Waals surface area (Å²) < 4.78 is 0.661. The van der Waals surface area contributed by atoms with E-state index in [4.69, 9.17) is 11.6 Å². The van der Waals surface area contributed by atoms with Gasteiger partial charge in [0.05, 0.1) is 26.2 Å². The number of amides is 2. The Morgan fingerprint density at radius 3 is 2.65 bits per heavy atom. The first-order valence-corrected chi connectivity index (χ1v) is 8.94. The van der Waals surface area contributed by atoms with Crippen molar-refractivity contribution < 1.29 is 19.4 Å². The highest BCUT2D eigenvalue weighted by atomic mass is 35.5. The third kappa shape index (κ3) is 3.39. The Labute approximate surface area is 158 Å². The lowest BCUT2D eigenvalue weighted by Gasteiger charge is -2.22. The number of rotatable bonds is 7. The molecule has 0 spiro atoms. The smallest absolute Gasteiger partial charge is 0.282 e. The number of nitro benzene ring substituents is 1. The van der Waals surface area contributed by atoms with E-state index in [0.717, 1.165) is 14.7 Å². The average Bonchev–Trinajstić information content (AvgIpc) is 3.11. The largest absolute Gasteiger partial charge is 0.310 e. The second kappa shape index (κ2) is 7.36. The van der Waals surface area contributed by atoms with Crippen LogP contribution < -0.4 is 4.90 Å². The molecule has 1 aliphatic heterocycles. The molecule has 1 aromatic carbocycles. The molecule has 2 amide bonds. The van der Waals surface area contributed by atoms with Crippen LogP contribution in [-0.4, -0.2) is 34.9 Å². The molecule has 26 heavy (non-hydrogen) atoms. The Morgan fingerprint density at radius 2 is 2.04 bits per heavy atom. The van der Waals surface area contributed by atoms with Gasteiger partial charge in [0.1, 0.15) is 12.1 Å². The lowest BCUT2D eigenvalue weighted by molar-refractivity contribution is -0.914. The summed E-state index contributed by atoms with van der Waals surface area (Å²) in [5.74, 6) is -1.15. The Balaban J connectivity index is 1.85. The minimum Gasteiger partial charge on any atom is -0.310 e. The van der Waals surface area contributed by atoms with E-state index in [9.17, 15) is 19.7 Å². The van der Waals surface area contributed by atoms with Gasteiger partial charge in [-0.2, -0.15) is 0 Å². The van der Waals surface area contributed by atoms with E-state index >= 15 is 0 Å². The van der Waals surface area contributed by atoms with Crippen LogP contribution >= 0.6 is 22.9 Å². The number of nitrogens with one attached hydrogen (secondary N) is 1. The van der Waals surface area contributed by atoms with Crippen LogP contribution in [0, 0.1) is 10.1 Å². The average molecular weight is 393 g/mol. The fourth-order valence-corrected chi connectivity index (χ4v) is 4.08. The first-order chi connectivity index (χ1) is 12.4. The summed E-state index contributed by atoms with van der Waals surface area (Å²) in [6, 6.07) is 7.76. The number of nitrogens with zero attached hydrogens (tertiary/aromatic N) is 2. The Morgan fingerprint density at radius 1 is 1.27 bits per heavy atom. The Kier molecular flexibility index (Phi) is 5.17. The fraction of sp³-hybridized carbons (Fsp3) is 0.176. The van der Waals surface area contributed by atoms with E-state index in [0.29, 0.717) is 17.4 Å². The summed E-state index contributed by atoms with van der Waals surface area (Å²) in [4.78, 5) is 38.8. The second-order valence-electron chi connectivity index (χ2n) is 5.78. The van der Waals surface area contributed by atoms with Crippen molar-refractivity contribution >= 4 is 40.4 Å². The van der Waals surface area contributed by atoms with Crippen molar-refractivity contribution in [3.63, 3.8) is 0 Å². The fourth-order valence-electron chi connectivity index (χ4n) is 2.92. The van der Waals surface area contributed by atoms with Gasteiger partial charge in [-0.05, 0) is 24.3 Å². The highest BCUT2D eigenvalue weighted by Crippen LogP contribution is 2.30. The molecule has 7 nitrogen and oxygen atoms in total. The number of thiophene rings is 1. The SMILES string of the molecule is C=CC[NH+](Cc1ccc(Cl)s1)CN1C(=O)c2cccc([N+](=O)[O-])c2C1=O. The van der Waals surface area contributed by atoms with Crippen molar-refractivity contribution in [1.82, 2.24) is 4.90 Å². The molecular formula is C17H15ClN3O4S+. The molecule has 0 aliphatic carbocycles. The van der Waals surface area contributed by atoms with Gasteiger partial charge < -0.3 is 4.90 Å². The zero-order chi connectivity index (χ0) is 18.8. The van der Waals surface area contributed by atoms with Crippen LogP contribution in [0.4, 0.5) is 5.69 Å². The molecule has 0 fully saturated rings. The number of hydrogen-bond donors (Lipinski definition) is 1. The lowest BCUT2D eigenvalue weighted by Crippen LogP contribution is -3.12. The minimum absolute atomic E-state index is 0.0707. The molecule has 134 valence electrons.